The third kappa shape index (κ3) is 2.21. The molecule has 0 nitrogen and oxygen atoms in total. The van der Waals surface area contributed by atoms with Gasteiger partial charge in [0.15, 0.2) is 0 Å². The van der Waals surface area contributed by atoms with Crippen LogP contribution in [0.4, 0.5) is 0 Å². The van der Waals surface area contributed by atoms with E-state index in [-0.39, 0.29) is 9.52 Å². The molecule has 66 valence electrons. The van der Waals surface area contributed by atoms with Crippen molar-refractivity contribution in [3.05, 3.63) is 29.8 Å². The van der Waals surface area contributed by atoms with E-state index in [1.54, 1.807) is 5.19 Å². The molecule has 1 heteroatoms. The van der Waals surface area contributed by atoms with E-state index in [1.807, 2.05) is 0 Å². The van der Waals surface area contributed by atoms with Crippen LogP contribution in [0.15, 0.2) is 24.3 Å². The summed E-state index contributed by atoms with van der Waals surface area (Å²) in [5.41, 5.74) is 1.74. The van der Waals surface area contributed by atoms with Gasteiger partial charge in [0.05, 0.1) is 9.52 Å². The Hall–Kier alpha value is -0.563. The third-order valence-corrected chi connectivity index (χ3v) is 3.52. The summed E-state index contributed by atoms with van der Waals surface area (Å²) in [7, 11) is 0.0315. The molecule has 0 fully saturated rings. The molecule has 0 N–H and O–H groups in total. The lowest BCUT2D eigenvalue weighted by atomic mass is 9.87. The van der Waals surface area contributed by atoms with Crippen LogP contribution in [0.25, 0.3) is 0 Å². The van der Waals surface area contributed by atoms with Gasteiger partial charge in [-0.1, -0.05) is 56.8 Å². The van der Waals surface area contributed by atoms with Crippen molar-refractivity contribution in [1.29, 1.82) is 0 Å². The predicted octanol–water partition coefficient (Wildman–Crippen LogP) is 1.83. The minimum Gasteiger partial charge on any atom is -0.0708 e. The predicted molar refractivity (Wildman–Crippen MR) is 59.2 cm³/mol. The van der Waals surface area contributed by atoms with Crippen LogP contribution in [0.1, 0.15) is 26.3 Å². The number of rotatable bonds is 1. The van der Waals surface area contributed by atoms with Crippen molar-refractivity contribution >= 4 is 14.7 Å². The van der Waals surface area contributed by atoms with Gasteiger partial charge in [0.2, 0.25) is 0 Å². The van der Waals surface area contributed by atoms with Gasteiger partial charge in [-0.15, -0.1) is 0 Å². The molecule has 0 radical (unpaired) electrons. The number of hydrogen-bond acceptors (Lipinski definition) is 0. The third-order valence-electron chi connectivity index (χ3n) is 2.23. The van der Waals surface area contributed by atoms with Gasteiger partial charge in [-0.3, -0.25) is 0 Å². The highest BCUT2D eigenvalue weighted by atomic mass is 28.2. The molecule has 1 rings (SSSR count). The molecule has 0 amide bonds. The molecular formula is C11H18Si. The summed E-state index contributed by atoms with van der Waals surface area (Å²) < 4.78 is 0. The maximum atomic E-state index is 2.33. The fourth-order valence-electron chi connectivity index (χ4n) is 1.24. The van der Waals surface area contributed by atoms with Gasteiger partial charge in [-0.2, -0.15) is 0 Å². The average Bonchev–Trinajstić information content (AvgIpc) is 2.03. The Bertz CT molecular complexity index is 241. The Kier molecular flexibility index (Phi) is 2.73. The summed E-state index contributed by atoms with van der Waals surface area (Å²) in [6, 6.07) is 9.11. The van der Waals surface area contributed by atoms with Gasteiger partial charge >= 0.3 is 0 Å². The summed E-state index contributed by atoms with van der Waals surface area (Å²) in [5.74, 6) is 0. The van der Waals surface area contributed by atoms with Gasteiger partial charge in [0.1, 0.15) is 0 Å². The van der Waals surface area contributed by atoms with Crippen LogP contribution in [0.5, 0.6) is 0 Å². The van der Waals surface area contributed by atoms with Gasteiger partial charge in [-0.05, 0) is 11.0 Å². The van der Waals surface area contributed by atoms with Crippen LogP contribution in [0.3, 0.4) is 0 Å². The van der Waals surface area contributed by atoms with Crippen molar-refractivity contribution in [2.45, 2.75) is 32.7 Å². The molecule has 0 aromatic heterocycles. The van der Waals surface area contributed by atoms with E-state index in [1.165, 1.54) is 5.56 Å². The van der Waals surface area contributed by atoms with Gasteiger partial charge in [0, 0.05) is 0 Å². The molecule has 1 aromatic carbocycles. The highest BCUT2D eigenvalue weighted by molar-refractivity contribution is 6.51. The number of benzene rings is 1. The highest BCUT2D eigenvalue weighted by Crippen LogP contribution is 2.20. The zero-order chi connectivity index (χ0) is 9.19. The average molecular weight is 178 g/mol. The van der Waals surface area contributed by atoms with E-state index in [2.05, 4.69) is 51.6 Å². The van der Waals surface area contributed by atoms with Crippen molar-refractivity contribution in [3.63, 3.8) is 0 Å². The van der Waals surface area contributed by atoms with E-state index >= 15 is 0 Å². The second-order valence-corrected chi connectivity index (χ2v) is 5.82. The van der Waals surface area contributed by atoms with Gasteiger partial charge in [0.25, 0.3) is 0 Å². The van der Waals surface area contributed by atoms with Crippen LogP contribution >= 0.6 is 0 Å². The minimum atomic E-state index is 0.0315. The molecule has 0 heterocycles. The molecule has 0 saturated carbocycles. The fourth-order valence-corrected chi connectivity index (χ4v) is 1.95. The Balaban J connectivity index is 2.93. The molecular weight excluding hydrogens is 160 g/mol. The summed E-state index contributed by atoms with van der Waals surface area (Å²) in [6.07, 6.45) is 0. The normalized spacial score (nSPS) is 12.7. The van der Waals surface area contributed by atoms with Gasteiger partial charge < -0.3 is 0 Å². The molecule has 0 aliphatic carbocycles. The lowest BCUT2D eigenvalue weighted by Gasteiger charge is -2.18. The first-order chi connectivity index (χ1) is 5.54. The second kappa shape index (κ2) is 3.44. The van der Waals surface area contributed by atoms with E-state index in [9.17, 15) is 0 Å². The fraction of sp³-hybridized carbons (Fsp3) is 0.455. The minimum absolute atomic E-state index is 0.0315. The summed E-state index contributed by atoms with van der Waals surface area (Å²) in [5, 5.41) is 1.56. The Morgan fingerprint density at radius 1 is 1.00 bits per heavy atom. The summed E-state index contributed by atoms with van der Waals surface area (Å²) in [6.45, 7) is 9.09. The van der Waals surface area contributed by atoms with Crippen molar-refractivity contribution < 1.29 is 0 Å². The van der Waals surface area contributed by atoms with Crippen molar-refractivity contribution in [1.82, 2.24) is 0 Å². The highest BCUT2D eigenvalue weighted by Gasteiger charge is 2.12. The maximum absolute atomic E-state index is 2.33. The first-order valence-electron chi connectivity index (χ1n) is 4.63. The van der Waals surface area contributed by atoms with Crippen molar-refractivity contribution in [2.75, 3.05) is 0 Å². The first-order valence-corrected chi connectivity index (χ1v) is 6.75. The molecule has 1 aromatic rings. The molecule has 0 saturated heterocycles. The molecule has 0 unspecified atom stereocenters. The topological polar surface area (TPSA) is 0 Å². The SMILES string of the molecule is C[SiH2]c1ccc(C(C)(C)C)cc1. The first kappa shape index (κ1) is 9.52. The summed E-state index contributed by atoms with van der Waals surface area (Å²) >= 11 is 0. The molecule has 0 bridgehead atoms. The monoisotopic (exact) mass is 178 g/mol. The molecule has 12 heavy (non-hydrogen) atoms. The zero-order valence-electron chi connectivity index (χ0n) is 8.52. The Morgan fingerprint density at radius 2 is 1.50 bits per heavy atom. The van der Waals surface area contributed by atoms with E-state index in [0.717, 1.165) is 0 Å². The quantitative estimate of drug-likeness (QED) is 0.576. The summed E-state index contributed by atoms with van der Waals surface area (Å²) in [4.78, 5) is 0. The van der Waals surface area contributed by atoms with Crippen molar-refractivity contribution in [2.24, 2.45) is 0 Å². The lowest BCUT2D eigenvalue weighted by molar-refractivity contribution is 0.590. The molecule has 0 aliphatic rings. The molecule has 0 aliphatic heterocycles. The lowest BCUT2D eigenvalue weighted by Crippen LogP contribution is -2.15. The number of hydrogen-bond donors (Lipinski definition) is 0. The van der Waals surface area contributed by atoms with Crippen LogP contribution in [0, 0.1) is 0 Å². The van der Waals surface area contributed by atoms with E-state index in [0.29, 0.717) is 5.41 Å². The van der Waals surface area contributed by atoms with Crippen LogP contribution in [-0.2, 0) is 5.41 Å². The van der Waals surface area contributed by atoms with E-state index < -0.39 is 0 Å². The second-order valence-electron chi connectivity index (χ2n) is 4.30. The van der Waals surface area contributed by atoms with Gasteiger partial charge in [-0.25, -0.2) is 0 Å². The van der Waals surface area contributed by atoms with Crippen LogP contribution in [-0.4, -0.2) is 9.52 Å². The zero-order valence-corrected chi connectivity index (χ0v) is 9.93. The smallest absolute Gasteiger partial charge is 0.0517 e. The standard InChI is InChI=1S/C11H18Si/c1-11(2,3)9-5-7-10(12-4)8-6-9/h5-8H,12H2,1-4H3. The Labute approximate surface area is 77.8 Å². The Morgan fingerprint density at radius 3 is 1.83 bits per heavy atom. The van der Waals surface area contributed by atoms with Crippen LogP contribution in [0.2, 0.25) is 6.55 Å². The van der Waals surface area contributed by atoms with Crippen LogP contribution < -0.4 is 5.19 Å². The molecule has 0 atom stereocenters. The largest absolute Gasteiger partial charge is 0.0708 e. The molecule has 0 spiro atoms. The van der Waals surface area contributed by atoms with E-state index in [4.69, 9.17) is 0 Å². The van der Waals surface area contributed by atoms with Crippen molar-refractivity contribution in [3.8, 4) is 0 Å². The maximum Gasteiger partial charge on any atom is 0.0517 e.